The molecule has 0 aromatic heterocycles. The van der Waals surface area contributed by atoms with Gasteiger partial charge in [-0.3, -0.25) is 5.04 Å². The fourth-order valence-electron chi connectivity index (χ4n) is 5.64. The Bertz CT molecular complexity index is 1710. The van der Waals surface area contributed by atoms with Crippen molar-refractivity contribution in [3.8, 4) is 22.5 Å². The van der Waals surface area contributed by atoms with Gasteiger partial charge in [-0.05, 0) is 83.0 Å². The molecular weight excluding hydrogens is 613 g/mol. The predicted molar refractivity (Wildman–Crippen MR) is 179 cm³/mol. The monoisotopic (exact) mass is 656 g/mol. The molecule has 0 atom stereocenters. The molecule has 244 valence electrons. The van der Waals surface area contributed by atoms with Crippen LogP contribution in [0.25, 0.3) is 33.4 Å². The van der Waals surface area contributed by atoms with Crippen molar-refractivity contribution in [2.24, 2.45) is 5.73 Å². The highest BCUT2D eigenvalue weighted by Gasteiger charge is 2.24. The van der Waals surface area contributed by atoms with Crippen LogP contribution in [-0.4, -0.2) is 47.7 Å². The molecule has 2 aliphatic rings. The summed E-state index contributed by atoms with van der Waals surface area (Å²) in [7, 11) is -3.82. The van der Waals surface area contributed by atoms with Crippen molar-refractivity contribution >= 4 is 38.7 Å². The average Bonchev–Trinajstić information content (AvgIpc) is 3.05. The van der Waals surface area contributed by atoms with Crippen molar-refractivity contribution < 1.29 is 27.5 Å². The highest BCUT2D eigenvalue weighted by atomic mass is 32.2. The lowest BCUT2D eigenvalue weighted by Crippen LogP contribution is -2.29. The van der Waals surface area contributed by atoms with E-state index in [1.807, 2.05) is 24.3 Å². The second-order valence-electron chi connectivity index (χ2n) is 10.7. The molecule has 0 fully saturated rings. The molecule has 1 heterocycles. The molecular formula is C33H44N4O6S2. The minimum atomic E-state index is -3.82. The lowest BCUT2D eigenvalue weighted by molar-refractivity contribution is -0.777. The Morgan fingerprint density at radius 2 is 1.67 bits per heavy atom. The van der Waals surface area contributed by atoms with Gasteiger partial charge in [0.15, 0.2) is 0 Å². The zero-order valence-electron chi connectivity index (χ0n) is 26.5. The molecule has 0 saturated carbocycles. The Kier molecular flexibility index (Phi) is 12.8. The van der Waals surface area contributed by atoms with Gasteiger partial charge in [0.2, 0.25) is 15.4 Å². The minimum absolute atomic E-state index is 0.0621. The number of unbranched alkanes of at least 4 members (excludes halogenated alkanes) is 3. The molecule has 0 bridgehead atoms. The number of hydrogen-bond donors (Lipinski definition) is 2. The maximum atomic E-state index is 13.2. The molecule has 10 nitrogen and oxygen atoms in total. The van der Waals surface area contributed by atoms with Gasteiger partial charge < -0.3 is 20.3 Å². The zero-order chi connectivity index (χ0) is 32.4. The third-order valence-corrected chi connectivity index (χ3v) is 10.2. The van der Waals surface area contributed by atoms with Crippen molar-refractivity contribution in [3.05, 3.63) is 60.0 Å². The first-order chi connectivity index (χ1) is 21.8. The van der Waals surface area contributed by atoms with Crippen molar-refractivity contribution in [2.45, 2.75) is 63.2 Å². The number of nitrogens with one attached hydrogen (secondary N) is 1. The number of benzene rings is 3. The molecule has 45 heavy (non-hydrogen) atoms. The van der Waals surface area contributed by atoms with Crippen LogP contribution in [0.2, 0.25) is 0 Å². The third-order valence-electron chi connectivity index (χ3n) is 8.05. The Labute approximate surface area is 270 Å². The highest BCUT2D eigenvalue weighted by Crippen LogP contribution is 2.44. The van der Waals surface area contributed by atoms with Gasteiger partial charge >= 0.3 is 0 Å². The summed E-state index contributed by atoms with van der Waals surface area (Å²) in [6.07, 6.45) is 3.47. The highest BCUT2D eigenvalue weighted by molar-refractivity contribution is 7.94. The molecule has 0 saturated heterocycles. The second-order valence-corrected chi connectivity index (χ2v) is 13.2. The normalized spacial score (nSPS) is 11.9. The van der Waals surface area contributed by atoms with Gasteiger partial charge in [0.25, 0.3) is 0 Å². The molecule has 2 aromatic carbocycles. The quantitative estimate of drug-likeness (QED) is 0.0407. The summed E-state index contributed by atoms with van der Waals surface area (Å²) in [4.78, 5) is 2.72. The number of nitrogens with zero attached hydrogens (tertiary/aromatic N) is 2. The minimum Gasteiger partial charge on any atom is -0.691 e. The summed E-state index contributed by atoms with van der Waals surface area (Å²) in [6, 6.07) is 17.1. The summed E-state index contributed by atoms with van der Waals surface area (Å²) in [6.45, 7) is 12.8. The second kappa shape index (κ2) is 16.5. The predicted octanol–water partition coefficient (Wildman–Crippen LogP) is 4.89. The molecule has 0 radical (unpaired) electrons. The summed E-state index contributed by atoms with van der Waals surface area (Å²) in [5, 5.41) is 16.5. The van der Waals surface area contributed by atoms with E-state index in [-0.39, 0.29) is 4.90 Å². The molecule has 2 aromatic rings. The maximum absolute atomic E-state index is 13.2. The average molecular weight is 657 g/mol. The molecule has 0 spiro atoms. The Balaban J connectivity index is 1.90. The summed E-state index contributed by atoms with van der Waals surface area (Å²) in [5.41, 5.74) is 9.62. The standard InChI is InChI=1S/C33H44N4O6S2/c1-5-36(6-2)24-13-16-27-30(21-24)41-31-22-25(37(7-3)8-4)14-17-28(31)33(27)29-18-15-26(23-32(29)44-43-42-38)45(39,40)35-20-12-10-9-11-19-34/h13-18,21-23,35H,5-12,19-20,34H2,1-4H3. The lowest BCUT2D eigenvalue weighted by Gasteiger charge is -2.23. The van der Waals surface area contributed by atoms with Crippen LogP contribution >= 0.6 is 12.0 Å². The van der Waals surface area contributed by atoms with Crippen LogP contribution in [0, 0.1) is 0 Å². The SMILES string of the molecule is CCN(CC)c1ccc2c(-c3ccc(S(=O)(=O)NCCCCCCN)cc3SOO[O-])c3ccc(=[N+](CC)CC)cc-3oc2c1. The topological polar surface area (TPSA) is 133 Å². The van der Waals surface area contributed by atoms with Crippen LogP contribution in [0.1, 0.15) is 53.4 Å². The fraction of sp³-hybridized carbons (Fsp3) is 0.424. The number of sulfonamides is 1. The van der Waals surface area contributed by atoms with Gasteiger partial charge in [-0.25, -0.2) is 17.7 Å². The van der Waals surface area contributed by atoms with E-state index in [1.165, 1.54) is 6.07 Å². The summed E-state index contributed by atoms with van der Waals surface area (Å²) < 4.78 is 42.7. The van der Waals surface area contributed by atoms with E-state index in [9.17, 15) is 13.7 Å². The van der Waals surface area contributed by atoms with E-state index in [0.29, 0.717) is 53.4 Å². The van der Waals surface area contributed by atoms with E-state index in [0.717, 1.165) is 73.0 Å². The number of anilines is 1. The summed E-state index contributed by atoms with van der Waals surface area (Å²) >= 11 is 0.671. The largest absolute Gasteiger partial charge is 0.691 e. The number of hydrogen-bond acceptors (Lipinski definition) is 9. The Hall–Kier alpha value is -2.97. The number of fused-ring (bicyclic) bond motifs is 2. The molecule has 0 unspecified atom stereocenters. The van der Waals surface area contributed by atoms with Crippen molar-refractivity contribution in [3.63, 3.8) is 0 Å². The zero-order valence-corrected chi connectivity index (χ0v) is 28.1. The van der Waals surface area contributed by atoms with Gasteiger partial charge in [0.05, 0.1) is 23.0 Å². The molecule has 0 amide bonds. The first-order valence-electron chi connectivity index (χ1n) is 15.6. The van der Waals surface area contributed by atoms with Crippen LogP contribution in [-0.2, 0) is 19.4 Å². The number of rotatable bonds is 17. The molecule has 4 rings (SSSR count). The van der Waals surface area contributed by atoms with Crippen molar-refractivity contribution in [1.29, 1.82) is 0 Å². The molecule has 3 N–H and O–H groups in total. The molecule has 1 aliphatic carbocycles. The van der Waals surface area contributed by atoms with E-state index >= 15 is 0 Å². The van der Waals surface area contributed by atoms with Gasteiger partial charge in [0.1, 0.15) is 24.4 Å². The first kappa shape index (κ1) is 34.9. The van der Waals surface area contributed by atoms with Gasteiger partial charge in [-0.2, -0.15) is 4.33 Å². The first-order valence-corrected chi connectivity index (χ1v) is 17.8. The maximum Gasteiger partial charge on any atom is 0.240 e. The van der Waals surface area contributed by atoms with Gasteiger partial charge in [-0.15, -0.1) is 0 Å². The third kappa shape index (κ3) is 8.25. The van der Waals surface area contributed by atoms with Crippen molar-refractivity contribution in [2.75, 3.05) is 44.2 Å². The molecule has 1 aliphatic heterocycles. The van der Waals surface area contributed by atoms with E-state index in [2.05, 4.69) is 59.1 Å². The van der Waals surface area contributed by atoms with E-state index in [4.69, 9.17) is 14.5 Å². The molecule has 12 heteroatoms. The van der Waals surface area contributed by atoms with E-state index < -0.39 is 10.0 Å². The lowest BCUT2D eigenvalue weighted by atomic mass is 9.93. The van der Waals surface area contributed by atoms with Crippen LogP contribution in [0.15, 0.2) is 68.8 Å². The summed E-state index contributed by atoms with van der Waals surface area (Å²) in [5.74, 6) is 0.684. The fourth-order valence-corrected chi connectivity index (χ4v) is 7.35. The van der Waals surface area contributed by atoms with Crippen molar-refractivity contribution in [1.82, 2.24) is 9.30 Å². The van der Waals surface area contributed by atoms with Crippen LogP contribution in [0.5, 0.6) is 0 Å². The smallest absolute Gasteiger partial charge is 0.240 e. The van der Waals surface area contributed by atoms with Crippen LogP contribution in [0.3, 0.4) is 0 Å². The van der Waals surface area contributed by atoms with Gasteiger partial charge in [0, 0.05) is 58.9 Å². The van der Waals surface area contributed by atoms with E-state index in [1.54, 1.807) is 12.1 Å². The number of nitrogens with two attached hydrogens (primary N) is 1. The Morgan fingerprint density at radius 3 is 2.36 bits per heavy atom. The Morgan fingerprint density at radius 1 is 0.933 bits per heavy atom. The van der Waals surface area contributed by atoms with Gasteiger partial charge in [-0.1, -0.05) is 18.9 Å². The van der Waals surface area contributed by atoms with Crippen LogP contribution in [0.4, 0.5) is 5.69 Å². The van der Waals surface area contributed by atoms with Crippen LogP contribution < -0.4 is 30.5 Å².